The number of benzene rings is 1. The van der Waals surface area contributed by atoms with Crippen LogP contribution in [0.1, 0.15) is 18.4 Å². The van der Waals surface area contributed by atoms with E-state index in [9.17, 15) is 28.8 Å². The van der Waals surface area contributed by atoms with Crippen molar-refractivity contribution in [3.05, 3.63) is 36.0 Å². The molecule has 1 heterocycles. The van der Waals surface area contributed by atoms with Gasteiger partial charge in [0.1, 0.15) is 18.6 Å². The van der Waals surface area contributed by atoms with Crippen LogP contribution in [0.15, 0.2) is 30.5 Å². The third-order valence-corrected chi connectivity index (χ3v) is 4.89. The van der Waals surface area contributed by atoms with E-state index in [1.54, 1.807) is 30.5 Å². The number of aromatic nitrogens is 1. The van der Waals surface area contributed by atoms with Gasteiger partial charge in [-0.05, 0) is 11.6 Å². The molecule has 0 saturated carbocycles. The maximum absolute atomic E-state index is 12.9. The number of rotatable bonds is 13. The van der Waals surface area contributed by atoms with Gasteiger partial charge in [-0.2, -0.15) is 0 Å². The van der Waals surface area contributed by atoms with E-state index >= 15 is 0 Å². The normalized spacial score (nSPS) is 13.3. The SMILES string of the molecule is NC(CC(=O)O)C(=O)NC(CC(=O)O)C(=O)NC(Cc1c[nH]c2ccccc12)C(=O)NCC(=O)O. The number of carboxylic acid groups (broad SMARTS) is 3. The number of carbonyl (C=O) groups is 6. The van der Waals surface area contributed by atoms with Crippen molar-refractivity contribution < 1.29 is 44.1 Å². The van der Waals surface area contributed by atoms with E-state index in [1.807, 2.05) is 0 Å². The lowest BCUT2D eigenvalue weighted by Gasteiger charge is -2.23. The summed E-state index contributed by atoms with van der Waals surface area (Å²) < 4.78 is 0. The Kier molecular flexibility index (Phi) is 9.28. The molecule has 0 fully saturated rings. The number of amides is 3. The van der Waals surface area contributed by atoms with E-state index in [2.05, 4.69) is 20.9 Å². The smallest absolute Gasteiger partial charge is 0.322 e. The molecule has 0 aliphatic rings. The Morgan fingerprint density at radius 2 is 1.46 bits per heavy atom. The quantitative estimate of drug-likeness (QED) is 0.156. The second-order valence-corrected chi connectivity index (χ2v) is 7.60. The molecule has 14 heteroatoms. The lowest BCUT2D eigenvalue weighted by molar-refractivity contribution is -0.142. The largest absolute Gasteiger partial charge is 0.481 e. The third-order valence-electron chi connectivity index (χ3n) is 4.89. The fraction of sp³-hybridized carbons (Fsp3) is 0.333. The van der Waals surface area contributed by atoms with Crippen molar-refractivity contribution in [2.24, 2.45) is 5.73 Å². The minimum atomic E-state index is -1.68. The van der Waals surface area contributed by atoms with Crippen LogP contribution in [0.5, 0.6) is 0 Å². The zero-order chi connectivity index (χ0) is 26.1. The molecule has 0 spiro atoms. The van der Waals surface area contributed by atoms with Gasteiger partial charge >= 0.3 is 17.9 Å². The number of carbonyl (C=O) groups excluding carboxylic acids is 3. The van der Waals surface area contributed by atoms with Crippen molar-refractivity contribution in [3.8, 4) is 0 Å². The predicted octanol–water partition coefficient (Wildman–Crippen LogP) is -1.84. The lowest BCUT2D eigenvalue weighted by atomic mass is 10.0. The highest BCUT2D eigenvalue weighted by Crippen LogP contribution is 2.19. The summed E-state index contributed by atoms with van der Waals surface area (Å²) in [6.45, 7) is -0.724. The Hall–Kier alpha value is -4.46. The van der Waals surface area contributed by atoms with Crippen LogP contribution in [-0.4, -0.2) is 80.6 Å². The van der Waals surface area contributed by atoms with Gasteiger partial charge in [0.05, 0.1) is 18.9 Å². The van der Waals surface area contributed by atoms with Crippen molar-refractivity contribution >= 4 is 46.5 Å². The molecule has 1 aromatic carbocycles. The highest BCUT2D eigenvalue weighted by atomic mass is 16.4. The minimum absolute atomic E-state index is 0.0898. The number of carboxylic acids is 3. The van der Waals surface area contributed by atoms with E-state index in [4.69, 9.17) is 21.1 Å². The van der Waals surface area contributed by atoms with Gasteiger partial charge in [-0.15, -0.1) is 0 Å². The summed E-state index contributed by atoms with van der Waals surface area (Å²) >= 11 is 0. The first-order valence-corrected chi connectivity index (χ1v) is 10.3. The fourth-order valence-electron chi connectivity index (χ4n) is 3.23. The summed E-state index contributed by atoms with van der Waals surface area (Å²) in [4.78, 5) is 73.5. The Morgan fingerprint density at radius 1 is 0.829 bits per heavy atom. The number of aromatic amines is 1. The van der Waals surface area contributed by atoms with Gasteiger partial charge in [-0.25, -0.2) is 0 Å². The van der Waals surface area contributed by atoms with Crippen LogP contribution < -0.4 is 21.7 Å². The van der Waals surface area contributed by atoms with Crippen LogP contribution in [-0.2, 0) is 35.2 Å². The van der Waals surface area contributed by atoms with Crippen LogP contribution >= 0.6 is 0 Å². The number of aliphatic carboxylic acids is 3. The van der Waals surface area contributed by atoms with Gasteiger partial charge in [0.25, 0.3) is 0 Å². The molecule has 0 radical (unpaired) electrons. The maximum atomic E-state index is 12.9. The van der Waals surface area contributed by atoms with E-state index in [-0.39, 0.29) is 6.42 Å². The Labute approximate surface area is 197 Å². The number of para-hydroxylation sites is 1. The second-order valence-electron chi connectivity index (χ2n) is 7.60. The maximum Gasteiger partial charge on any atom is 0.322 e. The molecule has 0 bridgehead atoms. The molecule has 1 aromatic heterocycles. The molecular formula is C21H25N5O9. The molecule has 35 heavy (non-hydrogen) atoms. The van der Waals surface area contributed by atoms with E-state index in [0.29, 0.717) is 5.56 Å². The molecule has 9 N–H and O–H groups in total. The Balaban J connectivity index is 2.24. The van der Waals surface area contributed by atoms with Crippen molar-refractivity contribution in [2.75, 3.05) is 6.54 Å². The van der Waals surface area contributed by atoms with Gasteiger partial charge in [-0.3, -0.25) is 28.8 Å². The van der Waals surface area contributed by atoms with Crippen LogP contribution in [0.4, 0.5) is 0 Å². The van der Waals surface area contributed by atoms with Crippen LogP contribution in [0.2, 0.25) is 0 Å². The molecule has 2 aromatic rings. The molecule has 0 aliphatic carbocycles. The molecule has 188 valence electrons. The molecule has 3 atom stereocenters. The van der Waals surface area contributed by atoms with Crippen LogP contribution in [0.3, 0.4) is 0 Å². The second kappa shape index (κ2) is 12.1. The number of H-pyrrole nitrogens is 1. The molecular weight excluding hydrogens is 466 g/mol. The van der Waals surface area contributed by atoms with E-state index in [1.165, 1.54) is 0 Å². The molecule has 0 saturated heterocycles. The highest BCUT2D eigenvalue weighted by molar-refractivity contribution is 5.96. The van der Waals surface area contributed by atoms with Crippen molar-refractivity contribution in [2.45, 2.75) is 37.4 Å². The number of hydrogen-bond donors (Lipinski definition) is 8. The first-order chi connectivity index (χ1) is 16.5. The van der Waals surface area contributed by atoms with Crippen LogP contribution in [0, 0.1) is 0 Å². The molecule has 14 nitrogen and oxygen atoms in total. The molecule has 3 amide bonds. The topological polar surface area (TPSA) is 241 Å². The fourth-order valence-corrected chi connectivity index (χ4v) is 3.23. The summed E-state index contributed by atoms with van der Waals surface area (Å²) in [5, 5.41) is 34.1. The highest BCUT2D eigenvalue weighted by Gasteiger charge is 2.31. The monoisotopic (exact) mass is 491 g/mol. The van der Waals surface area contributed by atoms with E-state index in [0.717, 1.165) is 10.9 Å². The number of nitrogens with one attached hydrogen (secondary N) is 4. The third kappa shape index (κ3) is 8.12. The zero-order valence-corrected chi connectivity index (χ0v) is 18.3. The molecule has 0 aliphatic heterocycles. The molecule has 3 unspecified atom stereocenters. The van der Waals surface area contributed by atoms with E-state index < -0.39 is 73.1 Å². The number of fused-ring (bicyclic) bond motifs is 1. The summed E-state index contributed by atoms with van der Waals surface area (Å²) in [6.07, 6.45) is -0.120. The van der Waals surface area contributed by atoms with Crippen molar-refractivity contribution in [3.63, 3.8) is 0 Å². The lowest BCUT2D eigenvalue weighted by Crippen LogP contribution is -2.57. The Bertz CT molecular complexity index is 1130. The van der Waals surface area contributed by atoms with Crippen molar-refractivity contribution in [1.82, 2.24) is 20.9 Å². The number of hydrogen-bond acceptors (Lipinski definition) is 7. The van der Waals surface area contributed by atoms with Gasteiger partial charge in [0.15, 0.2) is 0 Å². The number of nitrogens with two attached hydrogens (primary N) is 1. The summed E-state index contributed by atoms with van der Waals surface area (Å²) in [5.74, 6) is -7.13. The minimum Gasteiger partial charge on any atom is -0.481 e. The summed E-state index contributed by atoms with van der Waals surface area (Å²) in [6, 6.07) is 2.55. The summed E-state index contributed by atoms with van der Waals surface area (Å²) in [5.41, 5.74) is 6.82. The van der Waals surface area contributed by atoms with Gasteiger partial charge < -0.3 is 42.0 Å². The van der Waals surface area contributed by atoms with Crippen LogP contribution in [0.25, 0.3) is 10.9 Å². The summed E-state index contributed by atoms with van der Waals surface area (Å²) in [7, 11) is 0. The van der Waals surface area contributed by atoms with Gasteiger partial charge in [0, 0.05) is 23.5 Å². The Morgan fingerprint density at radius 3 is 2.09 bits per heavy atom. The van der Waals surface area contributed by atoms with Gasteiger partial charge in [-0.1, -0.05) is 18.2 Å². The standard InChI is InChI=1S/C21H25N5O9/c22-12(6-16(27)28)19(33)25-15(7-17(29)30)21(35)26-14(20(34)24-9-18(31)32)5-10-8-23-13-4-2-1-3-11(10)13/h1-4,8,12,14-15,23H,5-7,9,22H2,(H,24,34)(H,25,33)(H,26,35)(H,27,28)(H,29,30)(H,31,32). The van der Waals surface area contributed by atoms with Crippen molar-refractivity contribution in [1.29, 1.82) is 0 Å². The molecule has 2 rings (SSSR count). The average Bonchev–Trinajstić information content (AvgIpc) is 3.18. The zero-order valence-electron chi connectivity index (χ0n) is 18.3. The van der Waals surface area contributed by atoms with Gasteiger partial charge in [0.2, 0.25) is 17.7 Å². The predicted molar refractivity (Wildman–Crippen MR) is 119 cm³/mol. The first-order valence-electron chi connectivity index (χ1n) is 10.3. The average molecular weight is 491 g/mol. The first kappa shape index (κ1) is 26.8.